The summed E-state index contributed by atoms with van der Waals surface area (Å²) in [5.74, 6) is -0.0119. The van der Waals surface area contributed by atoms with Gasteiger partial charge in [-0.25, -0.2) is 0 Å². The van der Waals surface area contributed by atoms with Crippen molar-refractivity contribution < 1.29 is 9.53 Å². The first-order valence-electron chi connectivity index (χ1n) is 6.92. The highest BCUT2D eigenvalue weighted by Gasteiger charge is 2.22. The number of rotatable bonds is 6. The van der Waals surface area contributed by atoms with E-state index < -0.39 is 0 Å². The van der Waals surface area contributed by atoms with Crippen molar-refractivity contribution in [2.75, 3.05) is 13.2 Å². The molecule has 1 aliphatic rings. The summed E-state index contributed by atoms with van der Waals surface area (Å²) in [6, 6.07) is 3.28. The Hall–Kier alpha value is -1.14. The number of hydrogen-bond donors (Lipinski definition) is 1. The number of nitrogens with zero attached hydrogens (tertiary/aromatic N) is 1. The van der Waals surface area contributed by atoms with E-state index in [0.29, 0.717) is 19.7 Å². The Labute approximate surface area is 126 Å². The lowest BCUT2D eigenvalue weighted by Gasteiger charge is -2.10. The number of nitrogens with one attached hydrogen (secondary N) is 1. The molecule has 0 bridgehead atoms. The molecular weight excluding hydrogens is 324 g/mol. The van der Waals surface area contributed by atoms with E-state index in [0.717, 1.165) is 30.2 Å². The van der Waals surface area contributed by atoms with Gasteiger partial charge in [0.25, 0.3) is 5.56 Å². The van der Waals surface area contributed by atoms with Gasteiger partial charge >= 0.3 is 0 Å². The van der Waals surface area contributed by atoms with Gasteiger partial charge in [-0.1, -0.05) is 0 Å². The molecule has 1 unspecified atom stereocenters. The molecule has 2 heterocycles. The van der Waals surface area contributed by atoms with Crippen molar-refractivity contribution >= 4 is 21.8 Å². The second-order valence-electron chi connectivity index (χ2n) is 4.88. The molecule has 0 spiro atoms. The van der Waals surface area contributed by atoms with Crippen LogP contribution in [0.4, 0.5) is 0 Å². The Balaban J connectivity index is 1.65. The van der Waals surface area contributed by atoms with Crippen LogP contribution in [-0.4, -0.2) is 29.7 Å². The summed E-state index contributed by atoms with van der Waals surface area (Å²) in [6.07, 6.45) is 5.00. The molecule has 0 saturated carbocycles. The minimum atomic E-state index is -0.261. The van der Waals surface area contributed by atoms with Crippen LogP contribution in [0.1, 0.15) is 25.7 Å². The number of hydrogen-bond acceptors (Lipinski definition) is 3. The third-order valence-corrected chi connectivity index (χ3v) is 3.76. The molecule has 0 aliphatic carbocycles. The molecule has 0 radical (unpaired) electrons. The topological polar surface area (TPSA) is 60.3 Å². The second kappa shape index (κ2) is 7.59. The second-order valence-corrected chi connectivity index (χ2v) is 5.79. The van der Waals surface area contributed by atoms with E-state index in [1.807, 2.05) is 0 Å². The number of halogens is 1. The van der Waals surface area contributed by atoms with Gasteiger partial charge in [-0.3, -0.25) is 9.59 Å². The Morgan fingerprint density at radius 1 is 1.45 bits per heavy atom. The van der Waals surface area contributed by atoms with Gasteiger partial charge in [0.1, 0.15) is 6.10 Å². The van der Waals surface area contributed by atoms with E-state index in [-0.39, 0.29) is 17.6 Å². The minimum absolute atomic E-state index is 0.00316. The lowest BCUT2D eigenvalue weighted by molar-refractivity contribution is -0.130. The molecule has 1 atom stereocenters. The summed E-state index contributed by atoms with van der Waals surface area (Å²) in [6.45, 7) is 1.97. The molecule has 1 saturated heterocycles. The first-order valence-corrected chi connectivity index (χ1v) is 7.71. The van der Waals surface area contributed by atoms with Crippen molar-refractivity contribution in [2.24, 2.45) is 0 Å². The van der Waals surface area contributed by atoms with E-state index in [9.17, 15) is 9.59 Å². The number of carbonyl (C=O) groups excluding carboxylic acids is 1. The van der Waals surface area contributed by atoms with Crippen molar-refractivity contribution in [3.63, 3.8) is 0 Å². The van der Waals surface area contributed by atoms with Crippen LogP contribution in [0.15, 0.2) is 27.6 Å². The smallest absolute Gasteiger partial charge is 0.250 e. The highest BCUT2D eigenvalue weighted by molar-refractivity contribution is 9.10. The number of carbonyl (C=O) groups is 1. The van der Waals surface area contributed by atoms with Gasteiger partial charge in [0.05, 0.1) is 0 Å². The minimum Gasteiger partial charge on any atom is -0.368 e. The number of ether oxygens (including phenoxy) is 1. The van der Waals surface area contributed by atoms with Gasteiger partial charge in [0.15, 0.2) is 0 Å². The maximum Gasteiger partial charge on any atom is 0.250 e. The zero-order valence-electron chi connectivity index (χ0n) is 11.3. The van der Waals surface area contributed by atoms with E-state index in [2.05, 4.69) is 21.2 Å². The Morgan fingerprint density at radius 2 is 2.30 bits per heavy atom. The molecule has 1 aromatic heterocycles. The fourth-order valence-corrected chi connectivity index (χ4v) is 2.57. The van der Waals surface area contributed by atoms with Gasteiger partial charge in [-0.2, -0.15) is 0 Å². The van der Waals surface area contributed by atoms with Crippen LogP contribution in [0.2, 0.25) is 0 Å². The predicted molar refractivity (Wildman–Crippen MR) is 79.6 cm³/mol. The van der Waals surface area contributed by atoms with Crippen molar-refractivity contribution in [1.29, 1.82) is 0 Å². The van der Waals surface area contributed by atoms with Crippen LogP contribution in [-0.2, 0) is 16.1 Å². The van der Waals surface area contributed by atoms with Crippen LogP contribution in [0.25, 0.3) is 0 Å². The van der Waals surface area contributed by atoms with Crippen LogP contribution < -0.4 is 10.9 Å². The monoisotopic (exact) mass is 342 g/mol. The first kappa shape index (κ1) is 15.3. The van der Waals surface area contributed by atoms with Crippen LogP contribution in [0.5, 0.6) is 0 Å². The Kier molecular flexibility index (Phi) is 5.79. The molecular formula is C14H19BrN2O3. The molecule has 1 aliphatic heterocycles. The van der Waals surface area contributed by atoms with E-state index in [4.69, 9.17) is 4.74 Å². The van der Waals surface area contributed by atoms with Gasteiger partial charge < -0.3 is 14.6 Å². The molecule has 1 N–H and O–H groups in total. The number of unbranched alkanes of at least 4 members (excludes halogenated alkanes) is 1. The molecule has 110 valence electrons. The number of pyridine rings is 1. The number of aryl methyl sites for hydroxylation is 1. The first-order chi connectivity index (χ1) is 9.66. The molecule has 5 nitrogen and oxygen atoms in total. The largest absolute Gasteiger partial charge is 0.368 e. The SMILES string of the molecule is O=C(NCCCCn1cc(Br)ccc1=O)C1CCCO1. The predicted octanol–water partition coefficient (Wildman–Crippen LogP) is 1.69. The van der Waals surface area contributed by atoms with Crippen molar-refractivity contribution in [3.05, 3.63) is 33.2 Å². The summed E-state index contributed by atoms with van der Waals surface area (Å²) < 4.78 is 7.87. The summed E-state index contributed by atoms with van der Waals surface area (Å²) in [4.78, 5) is 23.3. The zero-order valence-corrected chi connectivity index (χ0v) is 12.9. The fourth-order valence-electron chi connectivity index (χ4n) is 2.19. The van der Waals surface area contributed by atoms with Crippen molar-refractivity contribution in [2.45, 2.75) is 38.3 Å². The van der Waals surface area contributed by atoms with E-state index in [1.54, 1.807) is 22.9 Å². The average Bonchev–Trinajstić information content (AvgIpc) is 2.96. The molecule has 6 heteroatoms. The Morgan fingerprint density at radius 3 is 3.05 bits per heavy atom. The fraction of sp³-hybridized carbons (Fsp3) is 0.571. The maximum atomic E-state index is 11.7. The highest BCUT2D eigenvalue weighted by atomic mass is 79.9. The van der Waals surface area contributed by atoms with Crippen LogP contribution in [0, 0.1) is 0 Å². The van der Waals surface area contributed by atoms with Crippen molar-refractivity contribution in [1.82, 2.24) is 9.88 Å². The van der Waals surface area contributed by atoms with Crippen LogP contribution >= 0.6 is 15.9 Å². The summed E-state index contributed by atoms with van der Waals surface area (Å²) in [5, 5.41) is 2.88. The summed E-state index contributed by atoms with van der Waals surface area (Å²) in [7, 11) is 0. The summed E-state index contributed by atoms with van der Waals surface area (Å²) in [5.41, 5.74) is -0.00316. The lowest BCUT2D eigenvalue weighted by Crippen LogP contribution is -2.34. The van der Waals surface area contributed by atoms with E-state index in [1.165, 1.54) is 0 Å². The average molecular weight is 343 g/mol. The number of aromatic nitrogens is 1. The maximum absolute atomic E-state index is 11.7. The van der Waals surface area contributed by atoms with Gasteiger partial charge in [-0.05, 0) is 47.7 Å². The highest BCUT2D eigenvalue weighted by Crippen LogP contribution is 2.11. The lowest BCUT2D eigenvalue weighted by atomic mass is 10.2. The standard InChI is InChI=1S/C14H19BrN2O3/c15-11-5-6-13(18)17(10-11)8-2-1-7-16-14(19)12-4-3-9-20-12/h5-6,10,12H,1-4,7-9H2,(H,16,19). The molecule has 20 heavy (non-hydrogen) atoms. The Bertz CT molecular complexity index is 509. The van der Waals surface area contributed by atoms with Crippen molar-refractivity contribution in [3.8, 4) is 0 Å². The molecule has 1 fully saturated rings. The summed E-state index contributed by atoms with van der Waals surface area (Å²) >= 11 is 3.35. The van der Waals surface area contributed by atoms with E-state index >= 15 is 0 Å². The van der Waals surface area contributed by atoms with Gasteiger partial charge in [-0.15, -0.1) is 0 Å². The van der Waals surface area contributed by atoms with Crippen LogP contribution in [0.3, 0.4) is 0 Å². The molecule has 0 aromatic carbocycles. The van der Waals surface area contributed by atoms with Gasteiger partial charge in [0, 0.05) is 36.4 Å². The molecule has 1 amide bonds. The number of amides is 1. The third-order valence-electron chi connectivity index (χ3n) is 3.29. The normalized spacial score (nSPS) is 18.1. The zero-order chi connectivity index (χ0) is 14.4. The quantitative estimate of drug-likeness (QED) is 0.800. The molecule has 2 rings (SSSR count). The third kappa shape index (κ3) is 4.45. The molecule has 1 aromatic rings. The van der Waals surface area contributed by atoms with Gasteiger partial charge in [0.2, 0.25) is 5.91 Å².